The first-order valence-corrected chi connectivity index (χ1v) is 6.97. The lowest BCUT2D eigenvalue weighted by atomic mass is 10.1. The van der Waals surface area contributed by atoms with Gasteiger partial charge in [-0.1, -0.05) is 12.1 Å². The lowest BCUT2D eigenvalue weighted by Crippen LogP contribution is -2.28. The molecule has 0 radical (unpaired) electrons. The molecule has 0 aliphatic heterocycles. The maximum absolute atomic E-state index is 13.6. The molecule has 5 nitrogen and oxygen atoms in total. The third-order valence-electron chi connectivity index (χ3n) is 3.15. The Kier molecular flexibility index (Phi) is 5.75. The van der Waals surface area contributed by atoms with Gasteiger partial charge >= 0.3 is 0 Å². The molecule has 0 spiro atoms. The summed E-state index contributed by atoms with van der Waals surface area (Å²) >= 11 is 0. The molecule has 0 saturated carbocycles. The van der Waals surface area contributed by atoms with Gasteiger partial charge in [-0.25, -0.2) is 22.0 Å². The van der Waals surface area contributed by atoms with Crippen molar-refractivity contribution in [2.24, 2.45) is 5.10 Å². The summed E-state index contributed by atoms with van der Waals surface area (Å²) in [4.78, 5) is 10.4. The summed E-state index contributed by atoms with van der Waals surface area (Å²) in [6, 6.07) is 5.79. The molecule has 2 aromatic carbocycles. The fraction of sp³-hybridized carbons (Fsp3) is 0.125. The average Bonchev–Trinajstić information content (AvgIpc) is 2.63. The molecule has 0 unspecified atom stereocenters. The highest BCUT2D eigenvalue weighted by Gasteiger charge is 2.25. The number of hydrazone groups is 1. The second-order valence-electron chi connectivity index (χ2n) is 4.94. The predicted octanol–water partition coefficient (Wildman–Crippen LogP) is 2.35. The van der Waals surface area contributed by atoms with Crippen LogP contribution in [0.5, 0.6) is 5.75 Å². The molecule has 0 aliphatic rings. The van der Waals surface area contributed by atoms with E-state index in [-0.39, 0.29) is 11.5 Å². The Labute approximate surface area is 143 Å². The first kappa shape index (κ1) is 19.2. The second-order valence-corrected chi connectivity index (χ2v) is 4.94. The van der Waals surface area contributed by atoms with Gasteiger partial charge < -0.3 is 14.6 Å². The van der Waals surface area contributed by atoms with E-state index >= 15 is 0 Å². The third kappa shape index (κ3) is 4.08. The van der Waals surface area contributed by atoms with Crippen LogP contribution in [0.25, 0.3) is 0 Å². The monoisotopic (exact) mass is 373 g/mol. The Hall–Kier alpha value is -3.17. The van der Waals surface area contributed by atoms with E-state index in [0.29, 0.717) is 5.56 Å². The van der Waals surface area contributed by atoms with Crippen LogP contribution in [0.15, 0.2) is 29.4 Å². The zero-order valence-electron chi connectivity index (χ0n) is 13.1. The minimum atomic E-state index is -2.27. The number of halogens is 5. The number of benzene rings is 2. The van der Waals surface area contributed by atoms with Crippen LogP contribution in [-0.2, 0) is 4.79 Å². The molecule has 0 atom stereocenters. The number of carboxylic acid groups (broad SMARTS) is 1. The van der Waals surface area contributed by atoms with Gasteiger partial charge in [-0.15, -0.1) is 0 Å². The summed E-state index contributed by atoms with van der Waals surface area (Å²) in [7, 11) is 0. The Morgan fingerprint density at radius 1 is 1.08 bits per heavy atom. The molecule has 0 fully saturated rings. The van der Waals surface area contributed by atoms with Gasteiger partial charge in [0, 0.05) is 5.56 Å². The lowest BCUT2D eigenvalue weighted by molar-refractivity contribution is -0.307. The quantitative estimate of drug-likeness (QED) is 0.277. The van der Waals surface area contributed by atoms with Crippen LogP contribution in [0.3, 0.4) is 0 Å². The fourth-order valence-corrected chi connectivity index (χ4v) is 1.86. The van der Waals surface area contributed by atoms with Gasteiger partial charge in [0.2, 0.25) is 5.82 Å². The highest BCUT2D eigenvalue weighted by molar-refractivity contribution is 5.99. The van der Waals surface area contributed by atoms with Crippen molar-refractivity contribution in [2.75, 3.05) is 12.0 Å². The van der Waals surface area contributed by atoms with Crippen molar-refractivity contribution < 1.29 is 36.6 Å². The molecule has 10 heteroatoms. The highest BCUT2D eigenvalue weighted by Crippen LogP contribution is 2.27. The van der Waals surface area contributed by atoms with Crippen molar-refractivity contribution in [3.05, 3.63) is 58.9 Å². The number of hydrogen-bond donors (Lipinski definition) is 1. The van der Waals surface area contributed by atoms with E-state index in [1.807, 2.05) is 0 Å². The van der Waals surface area contributed by atoms with Crippen molar-refractivity contribution in [3.8, 4) is 5.75 Å². The van der Waals surface area contributed by atoms with Crippen LogP contribution in [0.4, 0.5) is 27.6 Å². The molecule has 2 rings (SSSR count). The number of nitrogens with zero attached hydrogens (tertiary/aromatic N) is 1. The zero-order valence-corrected chi connectivity index (χ0v) is 13.1. The zero-order chi connectivity index (χ0) is 19.4. The molecular weight excluding hydrogens is 363 g/mol. The van der Waals surface area contributed by atoms with Crippen molar-refractivity contribution in [1.29, 1.82) is 0 Å². The number of carbonyl (C=O) groups excluding carboxylic acids is 1. The van der Waals surface area contributed by atoms with Crippen LogP contribution < -0.4 is 15.3 Å². The largest absolute Gasteiger partial charge is 0.546 e. The van der Waals surface area contributed by atoms with E-state index < -0.39 is 47.3 Å². The lowest BCUT2D eigenvalue weighted by Gasteiger charge is -2.10. The number of rotatable bonds is 6. The van der Waals surface area contributed by atoms with Crippen LogP contribution in [0.1, 0.15) is 12.5 Å². The summed E-state index contributed by atoms with van der Waals surface area (Å²) in [6.07, 6.45) is 0. The molecule has 1 N–H and O–H groups in total. The van der Waals surface area contributed by atoms with Crippen molar-refractivity contribution in [3.63, 3.8) is 0 Å². The smallest absolute Gasteiger partial charge is 0.200 e. The van der Waals surface area contributed by atoms with Crippen LogP contribution in [-0.4, -0.2) is 18.3 Å². The maximum atomic E-state index is 13.6. The summed E-state index contributed by atoms with van der Waals surface area (Å²) in [6.45, 7) is 0.694. The summed E-state index contributed by atoms with van der Waals surface area (Å²) < 4.78 is 71.3. The topological polar surface area (TPSA) is 73.8 Å². The number of hydrogen-bond acceptors (Lipinski definition) is 5. The van der Waals surface area contributed by atoms with E-state index in [4.69, 9.17) is 4.74 Å². The van der Waals surface area contributed by atoms with E-state index in [0.717, 1.165) is 0 Å². The number of nitrogens with one attached hydrogen (secondary N) is 1. The molecule has 138 valence electrons. The van der Waals surface area contributed by atoms with Gasteiger partial charge in [0.15, 0.2) is 23.3 Å². The molecule has 26 heavy (non-hydrogen) atoms. The Morgan fingerprint density at radius 3 is 2.23 bits per heavy atom. The van der Waals surface area contributed by atoms with E-state index in [2.05, 4.69) is 5.10 Å². The van der Waals surface area contributed by atoms with Crippen LogP contribution in [0, 0.1) is 29.1 Å². The molecule has 0 amide bonds. The van der Waals surface area contributed by atoms with Crippen molar-refractivity contribution >= 4 is 17.4 Å². The Bertz CT molecular complexity index is 857. The minimum absolute atomic E-state index is 0.104. The highest BCUT2D eigenvalue weighted by atomic mass is 19.2. The van der Waals surface area contributed by atoms with Gasteiger partial charge in [0.25, 0.3) is 0 Å². The van der Waals surface area contributed by atoms with Gasteiger partial charge in [0.1, 0.15) is 18.0 Å². The van der Waals surface area contributed by atoms with E-state index in [1.54, 1.807) is 5.43 Å². The number of ether oxygens (including phenoxy) is 1. The summed E-state index contributed by atoms with van der Waals surface area (Å²) in [5, 5.41) is 13.9. The van der Waals surface area contributed by atoms with Crippen molar-refractivity contribution in [2.45, 2.75) is 6.92 Å². The Morgan fingerprint density at radius 2 is 1.65 bits per heavy atom. The van der Waals surface area contributed by atoms with Gasteiger partial charge in [0.05, 0.1) is 11.7 Å². The maximum Gasteiger partial charge on any atom is 0.200 e. The molecule has 0 saturated heterocycles. The fourth-order valence-electron chi connectivity index (χ4n) is 1.86. The normalized spacial score (nSPS) is 11.4. The first-order valence-electron chi connectivity index (χ1n) is 6.97. The van der Waals surface area contributed by atoms with E-state index in [9.17, 15) is 31.9 Å². The van der Waals surface area contributed by atoms with E-state index in [1.165, 1.54) is 31.2 Å². The first-order chi connectivity index (χ1) is 12.2. The molecule has 0 bridgehead atoms. The SMILES string of the molecule is C/C(=N/Nc1c(F)c(F)c(F)c(F)c1F)c1cccc(OCC(=O)[O-])c1. The Balaban J connectivity index is 2.27. The number of anilines is 1. The van der Waals surface area contributed by atoms with Gasteiger partial charge in [-0.2, -0.15) is 5.10 Å². The molecule has 0 aliphatic carbocycles. The second kappa shape index (κ2) is 7.81. The molecule has 2 aromatic rings. The van der Waals surface area contributed by atoms with Gasteiger partial charge in [-0.3, -0.25) is 5.43 Å². The predicted molar refractivity (Wildman–Crippen MR) is 79.0 cm³/mol. The standard InChI is InChI=1S/C16H11F5N2O3/c1-7(8-3-2-4-9(5-8)26-6-10(24)25)22-23-16-14(20)12(18)11(17)13(19)15(16)21/h2-5,23H,6H2,1H3,(H,24,25)/p-1/b22-7-. The summed E-state index contributed by atoms with van der Waals surface area (Å²) in [5.74, 6) is -11.9. The average molecular weight is 373 g/mol. The molecule has 0 heterocycles. The third-order valence-corrected chi connectivity index (χ3v) is 3.15. The number of carboxylic acids is 1. The minimum Gasteiger partial charge on any atom is -0.546 e. The van der Waals surface area contributed by atoms with Crippen molar-refractivity contribution in [1.82, 2.24) is 0 Å². The van der Waals surface area contributed by atoms with Crippen LogP contribution in [0.2, 0.25) is 0 Å². The molecule has 0 aromatic heterocycles. The summed E-state index contributed by atoms with van der Waals surface area (Å²) in [5.41, 5.74) is 0.953. The number of aliphatic carboxylic acids is 1. The van der Waals surface area contributed by atoms with Crippen LogP contribution >= 0.6 is 0 Å². The molecular formula is C16H10F5N2O3-. The van der Waals surface area contributed by atoms with Gasteiger partial charge in [-0.05, 0) is 19.1 Å². The number of carbonyl (C=O) groups is 1.